The van der Waals surface area contributed by atoms with Crippen molar-refractivity contribution in [3.63, 3.8) is 0 Å². The second-order valence-corrected chi connectivity index (χ2v) is 4.30. The van der Waals surface area contributed by atoms with Crippen molar-refractivity contribution in [3.05, 3.63) is 0 Å². The zero-order valence-corrected chi connectivity index (χ0v) is 8.09. The highest BCUT2D eigenvalue weighted by molar-refractivity contribution is 4.73. The van der Waals surface area contributed by atoms with Crippen molar-refractivity contribution in [1.29, 1.82) is 0 Å². The Morgan fingerprint density at radius 1 is 1.09 bits per heavy atom. The molecular formula is C9H21NO. The zero-order chi connectivity index (χ0) is 9.07. The van der Waals surface area contributed by atoms with Crippen LogP contribution in [0.1, 0.15) is 40.5 Å². The van der Waals surface area contributed by atoms with E-state index < -0.39 is 5.72 Å². The highest BCUT2D eigenvalue weighted by Crippen LogP contribution is 2.19. The highest BCUT2D eigenvalue weighted by Gasteiger charge is 2.23. The van der Waals surface area contributed by atoms with E-state index in [2.05, 4.69) is 27.7 Å². The van der Waals surface area contributed by atoms with Crippen molar-refractivity contribution in [2.45, 2.75) is 46.3 Å². The van der Waals surface area contributed by atoms with Crippen LogP contribution in [-0.4, -0.2) is 10.8 Å². The van der Waals surface area contributed by atoms with Gasteiger partial charge in [0.15, 0.2) is 0 Å². The van der Waals surface area contributed by atoms with Crippen molar-refractivity contribution in [2.75, 3.05) is 0 Å². The van der Waals surface area contributed by atoms with Crippen LogP contribution in [-0.2, 0) is 0 Å². The third-order valence-corrected chi connectivity index (χ3v) is 1.52. The van der Waals surface area contributed by atoms with Gasteiger partial charge >= 0.3 is 0 Å². The monoisotopic (exact) mass is 159 g/mol. The maximum atomic E-state index is 9.63. The van der Waals surface area contributed by atoms with Gasteiger partial charge in [0.1, 0.15) is 5.72 Å². The summed E-state index contributed by atoms with van der Waals surface area (Å²) < 4.78 is 0. The summed E-state index contributed by atoms with van der Waals surface area (Å²) in [4.78, 5) is 0. The molecule has 0 unspecified atom stereocenters. The van der Waals surface area contributed by atoms with Gasteiger partial charge in [0.2, 0.25) is 0 Å². The van der Waals surface area contributed by atoms with Crippen molar-refractivity contribution >= 4 is 0 Å². The van der Waals surface area contributed by atoms with Gasteiger partial charge in [0.25, 0.3) is 0 Å². The van der Waals surface area contributed by atoms with Crippen LogP contribution in [0.2, 0.25) is 0 Å². The second-order valence-electron chi connectivity index (χ2n) is 4.30. The fraction of sp³-hybridized carbons (Fsp3) is 1.00. The van der Waals surface area contributed by atoms with Crippen LogP contribution in [0.5, 0.6) is 0 Å². The van der Waals surface area contributed by atoms with Crippen molar-refractivity contribution in [2.24, 2.45) is 17.6 Å². The van der Waals surface area contributed by atoms with Crippen LogP contribution in [0.15, 0.2) is 0 Å². The first kappa shape index (κ1) is 10.9. The van der Waals surface area contributed by atoms with Crippen LogP contribution < -0.4 is 5.73 Å². The van der Waals surface area contributed by atoms with Crippen LogP contribution in [0.3, 0.4) is 0 Å². The predicted molar refractivity (Wildman–Crippen MR) is 48.0 cm³/mol. The minimum atomic E-state index is -0.956. The fourth-order valence-electron chi connectivity index (χ4n) is 1.50. The largest absolute Gasteiger partial charge is 0.376 e. The summed E-state index contributed by atoms with van der Waals surface area (Å²) in [6, 6.07) is 0. The maximum absolute atomic E-state index is 9.63. The molecule has 0 aromatic rings. The van der Waals surface area contributed by atoms with Gasteiger partial charge in [0, 0.05) is 0 Å². The molecule has 0 amide bonds. The van der Waals surface area contributed by atoms with E-state index in [-0.39, 0.29) is 0 Å². The van der Waals surface area contributed by atoms with E-state index in [1.807, 2.05) is 0 Å². The minimum Gasteiger partial charge on any atom is -0.376 e. The first-order valence-corrected chi connectivity index (χ1v) is 4.35. The molecule has 68 valence electrons. The Bertz CT molecular complexity index is 96.1. The van der Waals surface area contributed by atoms with Crippen LogP contribution in [0.25, 0.3) is 0 Å². The van der Waals surface area contributed by atoms with E-state index in [1.165, 1.54) is 0 Å². The minimum absolute atomic E-state index is 0.462. The lowest BCUT2D eigenvalue weighted by atomic mass is 9.93. The molecule has 0 aromatic heterocycles. The van der Waals surface area contributed by atoms with Crippen LogP contribution in [0, 0.1) is 11.8 Å². The molecule has 0 aliphatic rings. The fourth-order valence-corrected chi connectivity index (χ4v) is 1.50. The van der Waals surface area contributed by atoms with Gasteiger partial charge in [-0.2, -0.15) is 0 Å². The number of aliphatic hydroxyl groups is 1. The Balaban J connectivity index is 3.79. The molecule has 0 heterocycles. The molecule has 0 aliphatic carbocycles. The average molecular weight is 159 g/mol. The molecule has 0 fully saturated rings. The Hall–Kier alpha value is -0.0800. The van der Waals surface area contributed by atoms with Gasteiger partial charge in [-0.3, -0.25) is 0 Å². The summed E-state index contributed by atoms with van der Waals surface area (Å²) in [5.41, 5.74) is 4.72. The molecule has 0 atom stereocenters. The summed E-state index contributed by atoms with van der Waals surface area (Å²) in [5, 5.41) is 9.63. The van der Waals surface area contributed by atoms with E-state index in [9.17, 15) is 5.11 Å². The number of hydrogen-bond acceptors (Lipinski definition) is 2. The highest BCUT2D eigenvalue weighted by atomic mass is 16.3. The third-order valence-electron chi connectivity index (χ3n) is 1.52. The van der Waals surface area contributed by atoms with E-state index in [1.54, 1.807) is 0 Å². The standard InChI is InChI=1S/C9H21NO/c1-7(2)5-9(10,11)6-8(3)4/h7-8,11H,5-6,10H2,1-4H3. The summed E-state index contributed by atoms with van der Waals surface area (Å²) in [6.45, 7) is 8.27. The Kier molecular flexibility index (Phi) is 4.04. The normalized spacial score (nSPS) is 13.1. The number of hydrogen-bond donors (Lipinski definition) is 2. The maximum Gasteiger partial charge on any atom is 0.114 e. The van der Waals surface area contributed by atoms with E-state index in [4.69, 9.17) is 5.73 Å². The van der Waals surface area contributed by atoms with Crippen LogP contribution in [0.4, 0.5) is 0 Å². The quantitative estimate of drug-likeness (QED) is 0.614. The SMILES string of the molecule is CC(C)CC(N)(O)CC(C)C. The van der Waals surface area contributed by atoms with E-state index >= 15 is 0 Å². The van der Waals surface area contributed by atoms with Gasteiger partial charge in [-0.15, -0.1) is 0 Å². The van der Waals surface area contributed by atoms with Gasteiger partial charge in [-0.25, -0.2) is 0 Å². The molecular weight excluding hydrogens is 138 g/mol. The Morgan fingerprint density at radius 3 is 1.55 bits per heavy atom. The van der Waals surface area contributed by atoms with Gasteiger partial charge < -0.3 is 10.8 Å². The number of nitrogens with two attached hydrogens (primary N) is 1. The summed E-state index contributed by atoms with van der Waals surface area (Å²) in [6.07, 6.45) is 1.37. The first-order chi connectivity index (χ1) is 4.83. The Labute approximate surface area is 69.8 Å². The topological polar surface area (TPSA) is 46.2 Å². The average Bonchev–Trinajstić information content (AvgIpc) is 1.53. The molecule has 0 saturated heterocycles. The van der Waals surface area contributed by atoms with Gasteiger partial charge in [-0.05, 0) is 24.7 Å². The summed E-state index contributed by atoms with van der Waals surface area (Å²) in [7, 11) is 0. The third kappa shape index (κ3) is 6.32. The van der Waals surface area contributed by atoms with E-state index in [0.29, 0.717) is 24.7 Å². The predicted octanol–water partition coefficient (Wildman–Crippen LogP) is 1.73. The van der Waals surface area contributed by atoms with Crippen LogP contribution >= 0.6 is 0 Å². The van der Waals surface area contributed by atoms with Crippen molar-refractivity contribution < 1.29 is 5.11 Å². The molecule has 0 aliphatic heterocycles. The molecule has 2 heteroatoms. The summed E-state index contributed by atoms with van der Waals surface area (Å²) in [5.74, 6) is 0.924. The van der Waals surface area contributed by atoms with Crippen molar-refractivity contribution in [3.8, 4) is 0 Å². The Morgan fingerprint density at radius 2 is 1.36 bits per heavy atom. The molecule has 3 N–H and O–H groups in total. The molecule has 0 saturated carbocycles. The van der Waals surface area contributed by atoms with Gasteiger partial charge in [-0.1, -0.05) is 27.7 Å². The lowest BCUT2D eigenvalue weighted by Crippen LogP contribution is -2.42. The molecule has 0 aromatic carbocycles. The molecule has 0 rings (SSSR count). The lowest BCUT2D eigenvalue weighted by Gasteiger charge is -2.26. The molecule has 0 spiro atoms. The zero-order valence-electron chi connectivity index (χ0n) is 8.09. The molecule has 0 radical (unpaired) electrons. The first-order valence-electron chi connectivity index (χ1n) is 4.35. The smallest absolute Gasteiger partial charge is 0.114 e. The molecule has 2 nitrogen and oxygen atoms in total. The molecule has 0 bridgehead atoms. The second kappa shape index (κ2) is 4.07. The lowest BCUT2D eigenvalue weighted by molar-refractivity contribution is 0.00649. The molecule has 11 heavy (non-hydrogen) atoms. The van der Waals surface area contributed by atoms with E-state index in [0.717, 1.165) is 0 Å². The van der Waals surface area contributed by atoms with Gasteiger partial charge in [0.05, 0.1) is 0 Å². The number of rotatable bonds is 4. The van der Waals surface area contributed by atoms with Crippen molar-refractivity contribution in [1.82, 2.24) is 0 Å². The summed E-state index contributed by atoms with van der Waals surface area (Å²) >= 11 is 0.